The molecule has 104 valence electrons. The van der Waals surface area contributed by atoms with Crippen molar-refractivity contribution >= 4 is 6.29 Å². The van der Waals surface area contributed by atoms with Crippen LogP contribution in [0.25, 0.3) is 0 Å². The molecule has 0 fully saturated rings. The van der Waals surface area contributed by atoms with Crippen molar-refractivity contribution in [2.75, 3.05) is 6.61 Å². The maximum atomic E-state index is 10.2. The van der Waals surface area contributed by atoms with E-state index in [1.54, 1.807) is 0 Å². The molecule has 0 heterocycles. The second-order valence-electron chi connectivity index (χ2n) is 4.89. The van der Waals surface area contributed by atoms with Crippen molar-refractivity contribution in [3.63, 3.8) is 0 Å². The van der Waals surface area contributed by atoms with E-state index in [1.165, 1.54) is 12.8 Å². The molecule has 0 aromatic carbocycles. The summed E-state index contributed by atoms with van der Waals surface area (Å²) in [6.45, 7) is 10.5. The van der Waals surface area contributed by atoms with Crippen LogP contribution in [0.1, 0.15) is 51.9 Å². The molecule has 0 spiro atoms. The summed E-state index contributed by atoms with van der Waals surface area (Å²) in [7, 11) is 0. The summed E-state index contributed by atoms with van der Waals surface area (Å²) < 4.78 is 5.78. The van der Waals surface area contributed by atoms with Crippen LogP contribution >= 0.6 is 0 Å². The zero-order chi connectivity index (χ0) is 13.6. The van der Waals surface area contributed by atoms with Gasteiger partial charge in [0.15, 0.2) is 0 Å². The summed E-state index contributed by atoms with van der Waals surface area (Å²) in [6.07, 6.45) is 12.0. The molecule has 0 aromatic heterocycles. The summed E-state index contributed by atoms with van der Waals surface area (Å²) in [6, 6.07) is 0. The first-order chi connectivity index (χ1) is 8.74. The molecular weight excluding hydrogens is 224 g/mol. The van der Waals surface area contributed by atoms with Crippen molar-refractivity contribution in [2.45, 2.75) is 58.0 Å². The molecule has 0 aliphatic rings. The first-order valence-corrected chi connectivity index (χ1v) is 7.01. The number of carbonyl (C=O) groups excluding carboxylic acids is 1. The Bertz CT molecular complexity index is 223. The minimum absolute atomic E-state index is 0.269. The Morgan fingerprint density at radius 1 is 1.11 bits per heavy atom. The number of allylic oxidation sites excluding steroid dienone is 1. The van der Waals surface area contributed by atoms with E-state index >= 15 is 0 Å². The lowest BCUT2D eigenvalue weighted by Gasteiger charge is -2.17. The van der Waals surface area contributed by atoms with Crippen LogP contribution in [0, 0.1) is 5.92 Å². The average molecular weight is 252 g/mol. The largest absolute Gasteiger partial charge is 0.378 e. The molecule has 2 unspecified atom stereocenters. The third-order valence-electron chi connectivity index (χ3n) is 3.04. The lowest BCUT2D eigenvalue weighted by atomic mass is 9.98. The van der Waals surface area contributed by atoms with E-state index in [4.69, 9.17) is 4.74 Å². The van der Waals surface area contributed by atoms with Gasteiger partial charge in [-0.25, -0.2) is 0 Å². The second-order valence-corrected chi connectivity index (χ2v) is 4.89. The van der Waals surface area contributed by atoms with E-state index in [0.29, 0.717) is 18.9 Å². The number of ether oxygens (including phenoxy) is 1. The SMILES string of the molecule is C=CCC(C)CCCC(CC=C)OCCCC=O. The van der Waals surface area contributed by atoms with Crippen LogP contribution in [0.4, 0.5) is 0 Å². The van der Waals surface area contributed by atoms with Crippen molar-refractivity contribution in [3.8, 4) is 0 Å². The maximum Gasteiger partial charge on any atom is 0.120 e. The molecule has 18 heavy (non-hydrogen) atoms. The van der Waals surface area contributed by atoms with Gasteiger partial charge in [0.2, 0.25) is 0 Å². The number of hydrogen-bond acceptors (Lipinski definition) is 2. The molecule has 0 saturated carbocycles. The van der Waals surface area contributed by atoms with Crippen molar-refractivity contribution in [2.24, 2.45) is 5.92 Å². The van der Waals surface area contributed by atoms with Gasteiger partial charge in [-0.05, 0) is 31.6 Å². The molecule has 0 aliphatic carbocycles. The van der Waals surface area contributed by atoms with E-state index in [-0.39, 0.29) is 6.10 Å². The number of hydrogen-bond donors (Lipinski definition) is 0. The van der Waals surface area contributed by atoms with Crippen LogP contribution < -0.4 is 0 Å². The van der Waals surface area contributed by atoms with E-state index in [1.807, 2.05) is 12.2 Å². The lowest BCUT2D eigenvalue weighted by molar-refractivity contribution is -0.108. The van der Waals surface area contributed by atoms with E-state index in [0.717, 1.165) is 32.0 Å². The van der Waals surface area contributed by atoms with Crippen LogP contribution in [-0.2, 0) is 9.53 Å². The van der Waals surface area contributed by atoms with Gasteiger partial charge in [0.05, 0.1) is 6.10 Å². The molecular formula is C16H28O2. The highest BCUT2D eigenvalue weighted by Gasteiger charge is 2.08. The number of rotatable bonds is 13. The topological polar surface area (TPSA) is 26.3 Å². The van der Waals surface area contributed by atoms with Crippen molar-refractivity contribution in [1.82, 2.24) is 0 Å². The Balaban J connectivity index is 3.70. The monoisotopic (exact) mass is 252 g/mol. The Morgan fingerprint density at radius 3 is 2.44 bits per heavy atom. The van der Waals surface area contributed by atoms with Gasteiger partial charge in [-0.1, -0.05) is 31.9 Å². The van der Waals surface area contributed by atoms with E-state index in [2.05, 4.69) is 20.1 Å². The fourth-order valence-corrected chi connectivity index (χ4v) is 1.97. The smallest absolute Gasteiger partial charge is 0.120 e. The number of carbonyl (C=O) groups is 1. The van der Waals surface area contributed by atoms with Crippen LogP contribution in [0.2, 0.25) is 0 Å². The second kappa shape index (κ2) is 12.6. The molecule has 0 aliphatic heterocycles. The Morgan fingerprint density at radius 2 is 1.83 bits per heavy atom. The van der Waals surface area contributed by atoms with Gasteiger partial charge in [0.25, 0.3) is 0 Å². The molecule has 0 rings (SSSR count). The first-order valence-electron chi connectivity index (χ1n) is 7.01. The van der Waals surface area contributed by atoms with Crippen LogP contribution in [0.5, 0.6) is 0 Å². The fourth-order valence-electron chi connectivity index (χ4n) is 1.97. The summed E-state index contributed by atoms with van der Waals surface area (Å²) in [5, 5.41) is 0. The van der Waals surface area contributed by atoms with Crippen LogP contribution in [0.15, 0.2) is 25.3 Å². The van der Waals surface area contributed by atoms with Crippen molar-refractivity contribution in [3.05, 3.63) is 25.3 Å². The summed E-state index contributed by atoms with van der Waals surface area (Å²) in [5.41, 5.74) is 0. The Kier molecular flexibility index (Phi) is 11.9. The molecule has 0 saturated heterocycles. The summed E-state index contributed by atoms with van der Waals surface area (Å²) in [4.78, 5) is 10.2. The van der Waals surface area contributed by atoms with Gasteiger partial charge < -0.3 is 9.53 Å². The molecule has 2 heteroatoms. The van der Waals surface area contributed by atoms with Gasteiger partial charge in [-0.3, -0.25) is 0 Å². The van der Waals surface area contributed by atoms with Crippen molar-refractivity contribution in [1.29, 1.82) is 0 Å². The minimum atomic E-state index is 0.269. The fraction of sp³-hybridized carbons (Fsp3) is 0.688. The summed E-state index contributed by atoms with van der Waals surface area (Å²) in [5.74, 6) is 0.710. The highest BCUT2D eigenvalue weighted by molar-refractivity contribution is 5.48. The Labute approximate surface area is 112 Å². The third-order valence-corrected chi connectivity index (χ3v) is 3.04. The standard InChI is InChI=1S/C16H28O2/c1-4-9-15(3)11-8-12-16(10-5-2)18-14-7-6-13-17/h4-5,13,15-16H,1-2,6-12,14H2,3H3. The summed E-state index contributed by atoms with van der Waals surface area (Å²) >= 11 is 0. The maximum absolute atomic E-state index is 10.2. The highest BCUT2D eigenvalue weighted by atomic mass is 16.5. The number of unbranched alkanes of at least 4 members (excludes halogenated alkanes) is 1. The highest BCUT2D eigenvalue weighted by Crippen LogP contribution is 2.16. The van der Waals surface area contributed by atoms with Gasteiger partial charge >= 0.3 is 0 Å². The van der Waals surface area contributed by atoms with Gasteiger partial charge in [-0.2, -0.15) is 0 Å². The van der Waals surface area contributed by atoms with Crippen molar-refractivity contribution < 1.29 is 9.53 Å². The molecule has 0 amide bonds. The predicted octanol–water partition coefficient (Wildman–Crippen LogP) is 4.31. The average Bonchev–Trinajstić information content (AvgIpc) is 2.35. The van der Waals surface area contributed by atoms with E-state index in [9.17, 15) is 4.79 Å². The predicted molar refractivity (Wildman–Crippen MR) is 77.7 cm³/mol. The lowest BCUT2D eigenvalue weighted by Crippen LogP contribution is -2.13. The van der Waals surface area contributed by atoms with Gasteiger partial charge in [0.1, 0.15) is 6.29 Å². The molecule has 2 atom stereocenters. The third kappa shape index (κ3) is 10.3. The normalized spacial score (nSPS) is 13.8. The zero-order valence-corrected chi connectivity index (χ0v) is 11.8. The van der Waals surface area contributed by atoms with Crippen LogP contribution in [0.3, 0.4) is 0 Å². The van der Waals surface area contributed by atoms with Gasteiger partial charge in [0, 0.05) is 13.0 Å². The Hall–Kier alpha value is -0.890. The molecule has 0 N–H and O–H groups in total. The number of aldehydes is 1. The molecule has 0 aromatic rings. The molecule has 2 nitrogen and oxygen atoms in total. The minimum Gasteiger partial charge on any atom is -0.378 e. The van der Waals surface area contributed by atoms with Gasteiger partial charge in [-0.15, -0.1) is 13.2 Å². The first kappa shape index (κ1) is 17.1. The molecule has 0 bridgehead atoms. The molecule has 0 radical (unpaired) electrons. The van der Waals surface area contributed by atoms with E-state index < -0.39 is 0 Å². The quantitative estimate of drug-likeness (QED) is 0.277. The van der Waals surface area contributed by atoms with Crippen LogP contribution in [-0.4, -0.2) is 19.0 Å². The zero-order valence-electron chi connectivity index (χ0n) is 11.8.